The molecule has 0 bridgehead atoms. The van der Waals surface area contributed by atoms with Gasteiger partial charge >= 0.3 is 0 Å². The zero-order chi connectivity index (χ0) is 24.7. The number of aliphatic hydroxyl groups excluding tert-OH is 1. The number of rotatable bonds is 5. The Bertz CT molecular complexity index is 1310. The second-order valence-corrected chi connectivity index (χ2v) is 9.02. The van der Waals surface area contributed by atoms with Crippen molar-refractivity contribution in [3.8, 4) is 5.75 Å². The first-order valence-electron chi connectivity index (χ1n) is 11.3. The van der Waals surface area contributed by atoms with Crippen molar-refractivity contribution >= 4 is 23.1 Å². The highest BCUT2D eigenvalue weighted by atomic mass is 16.5. The van der Waals surface area contributed by atoms with Gasteiger partial charge < -0.3 is 14.3 Å². The van der Waals surface area contributed by atoms with E-state index >= 15 is 0 Å². The summed E-state index contributed by atoms with van der Waals surface area (Å²) in [4.78, 5) is 28.1. The molecule has 1 unspecified atom stereocenters. The van der Waals surface area contributed by atoms with Crippen molar-refractivity contribution in [2.24, 2.45) is 0 Å². The van der Waals surface area contributed by atoms with E-state index in [2.05, 4.69) is 0 Å². The maximum Gasteiger partial charge on any atom is 0.300 e. The molecule has 6 nitrogen and oxygen atoms in total. The molecule has 1 aliphatic rings. The minimum Gasteiger partial charge on any atom is -0.507 e. The molecule has 4 rings (SSSR count). The highest BCUT2D eigenvalue weighted by molar-refractivity contribution is 6.51. The number of aryl methyl sites for hydroxylation is 3. The molecule has 2 heterocycles. The summed E-state index contributed by atoms with van der Waals surface area (Å²) in [6, 6.07) is 13.6. The first-order chi connectivity index (χ1) is 16.1. The molecule has 1 atom stereocenters. The van der Waals surface area contributed by atoms with Crippen LogP contribution in [-0.2, 0) is 9.59 Å². The fourth-order valence-corrected chi connectivity index (χ4v) is 4.42. The number of nitrogens with zero attached hydrogens (tertiary/aromatic N) is 1. The summed E-state index contributed by atoms with van der Waals surface area (Å²) in [6.45, 7) is 9.65. The van der Waals surface area contributed by atoms with Gasteiger partial charge in [0, 0.05) is 11.3 Å². The first-order valence-corrected chi connectivity index (χ1v) is 11.3. The van der Waals surface area contributed by atoms with Crippen molar-refractivity contribution in [1.29, 1.82) is 0 Å². The molecular weight excluding hydrogens is 430 g/mol. The van der Waals surface area contributed by atoms with Crippen LogP contribution in [0.2, 0.25) is 0 Å². The number of Topliss-reactive ketones (excluding diaryl/α,β-unsaturated/α-hetero) is 1. The van der Waals surface area contributed by atoms with Crippen molar-refractivity contribution in [2.75, 3.05) is 12.0 Å². The number of carbonyl (C=O) groups excluding carboxylic acids is 2. The highest BCUT2D eigenvalue weighted by Crippen LogP contribution is 2.44. The van der Waals surface area contributed by atoms with Gasteiger partial charge in [-0.2, -0.15) is 0 Å². The molecule has 6 heteroatoms. The number of hydrogen-bond acceptors (Lipinski definition) is 5. The minimum atomic E-state index is -0.890. The third-order valence-electron chi connectivity index (χ3n) is 6.22. The highest BCUT2D eigenvalue weighted by Gasteiger charge is 2.48. The molecule has 34 heavy (non-hydrogen) atoms. The van der Waals surface area contributed by atoms with E-state index in [0.717, 1.165) is 16.7 Å². The van der Waals surface area contributed by atoms with Gasteiger partial charge in [-0.15, -0.1) is 0 Å². The third kappa shape index (κ3) is 3.89. The molecule has 0 spiro atoms. The number of ether oxygens (including phenoxy) is 1. The Morgan fingerprint density at radius 2 is 1.76 bits per heavy atom. The molecular formula is C28H29NO5. The van der Waals surface area contributed by atoms with Gasteiger partial charge in [-0.3, -0.25) is 14.5 Å². The van der Waals surface area contributed by atoms with Gasteiger partial charge in [0.05, 0.1) is 12.7 Å². The fourth-order valence-electron chi connectivity index (χ4n) is 4.42. The summed E-state index contributed by atoms with van der Waals surface area (Å²) >= 11 is 0. The minimum absolute atomic E-state index is 0.000120. The van der Waals surface area contributed by atoms with Crippen LogP contribution in [0.5, 0.6) is 5.75 Å². The molecule has 1 amide bonds. The number of ketones is 1. The maximum atomic E-state index is 13.4. The number of furan rings is 1. The summed E-state index contributed by atoms with van der Waals surface area (Å²) in [7, 11) is 1.59. The maximum absolute atomic E-state index is 13.4. The van der Waals surface area contributed by atoms with Crippen LogP contribution in [0, 0.1) is 20.8 Å². The van der Waals surface area contributed by atoms with Crippen LogP contribution in [0.3, 0.4) is 0 Å². The summed E-state index contributed by atoms with van der Waals surface area (Å²) in [5.74, 6) is 0.190. The Hall–Kier alpha value is -3.80. The molecule has 1 saturated heterocycles. The summed E-state index contributed by atoms with van der Waals surface area (Å²) < 4.78 is 11.3. The van der Waals surface area contributed by atoms with Gasteiger partial charge in [0.2, 0.25) is 0 Å². The molecule has 1 fully saturated rings. The van der Waals surface area contributed by atoms with Crippen LogP contribution < -0.4 is 9.64 Å². The van der Waals surface area contributed by atoms with Gasteiger partial charge in [-0.25, -0.2) is 0 Å². The second-order valence-electron chi connectivity index (χ2n) is 9.02. The quantitative estimate of drug-likeness (QED) is 0.289. The van der Waals surface area contributed by atoms with Crippen molar-refractivity contribution in [3.05, 3.63) is 87.9 Å². The molecule has 0 aliphatic carbocycles. The normalized spacial score (nSPS) is 17.6. The lowest BCUT2D eigenvalue weighted by Crippen LogP contribution is -2.30. The Labute approximate surface area is 199 Å². The number of anilines is 1. The zero-order valence-corrected chi connectivity index (χ0v) is 20.3. The lowest BCUT2D eigenvalue weighted by atomic mass is 9.95. The number of benzene rings is 2. The Morgan fingerprint density at radius 3 is 2.38 bits per heavy atom. The molecule has 3 aromatic rings. The molecule has 0 radical (unpaired) electrons. The topological polar surface area (TPSA) is 80.0 Å². The summed E-state index contributed by atoms with van der Waals surface area (Å²) in [5.41, 5.74) is 3.73. The van der Waals surface area contributed by atoms with E-state index in [1.165, 1.54) is 4.90 Å². The summed E-state index contributed by atoms with van der Waals surface area (Å²) in [6.07, 6.45) is 0. The van der Waals surface area contributed by atoms with Crippen molar-refractivity contribution < 1.29 is 23.8 Å². The molecule has 2 aromatic carbocycles. The van der Waals surface area contributed by atoms with Crippen LogP contribution in [0.1, 0.15) is 59.6 Å². The SMILES string of the molecule is COc1ccc(/C(O)=C2/C(=O)C(=O)N(c3cc(C)ccc3C)C2c2ccc(C)o2)cc1C(C)C. The van der Waals surface area contributed by atoms with Crippen molar-refractivity contribution in [3.63, 3.8) is 0 Å². The lowest BCUT2D eigenvalue weighted by Gasteiger charge is -2.25. The zero-order valence-electron chi connectivity index (χ0n) is 20.3. The van der Waals surface area contributed by atoms with Gasteiger partial charge in [0.1, 0.15) is 29.1 Å². The first kappa shape index (κ1) is 23.4. The van der Waals surface area contributed by atoms with E-state index in [-0.39, 0.29) is 17.3 Å². The fraction of sp³-hybridized carbons (Fsp3) is 0.286. The van der Waals surface area contributed by atoms with Crippen LogP contribution in [0.15, 0.2) is 58.5 Å². The largest absolute Gasteiger partial charge is 0.507 e. The van der Waals surface area contributed by atoms with E-state index in [1.807, 2.05) is 45.9 Å². The van der Waals surface area contributed by atoms with Gasteiger partial charge in [-0.1, -0.05) is 26.0 Å². The van der Waals surface area contributed by atoms with E-state index in [1.54, 1.807) is 44.4 Å². The van der Waals surface area contributed by atoms with Gasteiger partial charge in [0.25, 0.3) is 11.7 Å². The second kappa shape index (κ2) is 8.86. The van der Waals surface area contributed by atoms with Crippen LogP contribution in [-0.4, -0.2) is 23.9 Å². The Morgan fingerprint density at radius 1 is 1.03 bits per heavy atom. The van der Waals surface area contributed by atoms with E-state index in [0.29, 0.717) is 28.5 Å². The monoisotopic (exact) mass is 459 g/mol. The average molecular weight is 460 g/mol. The Kier molecular flexibility index (Phi) is 6.09. The predicted molar refractivity (Wildman–Crippen MR) is 131 cm³/mol. The van der Waals surface area contributed by atoms with Gasteiger partial charge in [-0.05, 0) is 79.8 Å². The van der Waals surface area contributed by atoms with Crippen molar-refractivity contribution in [1.82, 2.24) is 0 Å². The lowest BCUT2D eigenvalue weighted by molar-refractivity contribution is -0.132. The summed E-state index contributed by atoms with van der Waals surface area (Å²) in [5, 5.41) is 11.4. The van der Waals surface area contributed by atoms with E-state index in [4.69, 9.17) is 9.15 Å². The number of carbonyl (C=O) groups is 2. The number of amides is 1. The average Bonchev–Trinajstić information content (AvgIpc) is 3.35. The van der Waals surface area contributed by atoms with Crippen molar-refractivity contribution in [2.45, 2.75) is 46.6 Å². The molecule has 1 aromatic heterocycles. The standard InChI is InChI=1S/C28H29NO5/c1-15(2)20-14-19(10-12-22(20)33-6)26(30)24-25(23-11-9-18(5)34-23)29(28(32)27(24)31)21-13-16(3)7-8-17(21)4/h7-15,25,30H,1-6H3/b26-24-. The third-order valence-corrected chi connectivity index (χ3v) is 6.22. The smallest absolute Gasteiger partial charge is 0.300 e. The molecule has 1 aliphatic heterocycles. The van der Waals surface area contributed by atoms with Crippen LogP contribution in [0.25, 0.3) is 5.76 Å². The number of aliphatic hydroxyl groups is 1. The Balaban J connectivity index is 1.96. The predicted octanol–water partition coefficient (Wildman–Crippen LogP) is 5.96. The van der Waals surface area contributed by atoms with E-state index in [9.17, 15) is 14.7 Å². The molecule has 0 saturated carbocycles. The number of methoxy groups -OCH3 is 1. The number of hydrogen-bond donors (Lipinski definition) is 1. The van der Waals surface area contributed by atoms with Crippen LogP contribution in [0.4, 0.5) is 5.69 Å². The van der Waals surface area contributed by atoms with E-state index < -0.39 is 17.7 Å². The molecule has 176 valence electrons. The molecule has 1 N–H and O–H groups in total. The van der Waals surface area contributed by atoms with Gasteiger partial charge in [0.15, 0.2) is 0 Å². The van der Waals surface area contributed by atoms with Crippen LogP contribution >= 0.6 is 0 Å².